The number of hydrogen-bond acceptors (Lipinski definition) is 27. The highest BCUT2D eigenvalue weighted by molar-refractivity contribution is 5.79. The van der Waals surface area contributed by atoms with Crippen LogP contribution in [0.3, 0.4) is 0 Å². The fourth-order valence-corrected chi connectivity index (χ4v) is 20.1. The van der Waals surface area contributed by atoms with E-state index in [4.69, 9.17) is 48.6 Å². The molecule has 8 aliphatic heterocycles. The van der Waals surface area contributed by atoms with Crippen molar-refractivity contribution >= 4 is 85.8 Å². The predicted octanol–water partition coefficient (Wildman–Crippen LogP) is 16.8. The summed E-state index contributed by atoms with van der Waals surface area (Å²) in [6.45, 7) is 35.5. The zero-order valence-corrected chi connectivity index (χ0v) is 78.6. The molecule has 2 saturated carbocycles. The number of halogens is 5. The molecule has 37 heteroatoms. The zero-order valence-electron chi connectivity index (χ0n) is 78.6. The molecule has 5 fully saturated rings. The minimum absolute atomic E-state index is 0.0141. The summed E-state index contributed by atoms with van der Waals surface area (Å²) in [5, 5.41) is 59.4. The lowest BCUT2D eigenvalue weighted by atomic mass is 9.91. The van der Waals surface area contributed by atoms with Crippen LogP contribution in [0.5, 0.6) is 28.7 Å². The maximum absolute atomic E-state index is 14.1. The van der Waals surface area contributed by atoms with E-state index in [0.717, 1.165) is 185 Å². The van der Waals surface area contributed by atoms with Crippen LogP contribution in [0.25, 0.3) is 56.7 Å². The summed E-state index contributed by atoms with van der Waals surface area (Å²) in [6, 6.07) is 32.0. The van der Waals surface area contributed by atoms with Crippen molar-refractivity contribution in [3.05, 3.63) is 301 Å². The molecule has 141 heavy (non-hydrogen) atoms. The molecule has 726 valence electrons. The van der Waals surface area contributed by atoms with Crippen molar-refractivity contribution in [1.82, 2.24) is 110 Å². The molecule has 18 heterocycles. The highest BCUT2D eigenvalue weighted by Gasteiger charge is 2.38. The second kappa shape index (κ2) is 39.0. The van der Waals surface area contributed by atoms with Gasteiger partial charge in [-0.3, -0.25) is 0 Å². The average Bonchev–Trinajstić information content (AvgIpc) is 1.67. The van der Waals surface area contributed by atoms with E-state index in [2.05, 4.69) is 122 Å². The van der Waals surface area contributed by atoms with Gasteiger partial charge in [0.25, 0.3) is 0 Å². The van der Waals surface area contributed by atoms with Gasteiger partial charge in [-0.2, -0.15) is 25.5 Å². The van der Waals surface area contributed by atoms with Crippen LogP contribution in [0.4, 0.5) is 51.0 Å². The van der Waals surface area contributed by atoms with Crippen LogP contribution < -0.4 is 82.2 Å². The molecule has 25 rings (SSSR count). The van der Waals surface area contributed by atoms with Crippen LogP contribution in [0, 0.1) is 29.1 Å². The first-order valence-corrected chi connectivity index (χ1v) is 48.0. The monoisotopic (exact) mass is 1910 g/mol. The number of ether oxygens (including phenoxy) is 5. The fourth-order valence-electron chi connectivity index (χ4n) is 20.1. The minimum atomic E-state index is -0.297. The third-order valence-corrected chi connectivity index (χ3v) is 27.6. The minimum Gasteiger partial charge on any atom is -0.488 e. The molecule has 0 spiro atoms. The lowest BCUT2D eigenvalue weighted by molar-refractivity contribution is 0.120. The Labute approximate surface area is 809 Å². The Morgan fingerprint density at radius 1 is 0.298 bits per heavy atom. The van der Waals surface area contributed by atoms with E-state index >= 15 is 0 Å². The molecule has 14 atom stereocenters. The maximum atomic E-state index is 14.1. The number of anilines is 5. The van der Waals surface area contributed by atoms with E-state index in [-0.39, 0.29) is 114 Å². The molecule has 2 aliphatic carbocycles. The summed E-state index contributed by atoms with van der Waals surface area (Å²) in [7, 11) is 0. The van der Waals surface area contributed by atoms with Gasteiger partial charge >= 0.3 is 0 Å². The van der Waals surface area contributed by atoms with Crippen LogP contribution >= 0.6 is 0 Å². The first-order valence-electron chi connectivity index (χ1n) is 48.0. The molecule has 3 saturated heterocycles. The van der Waals surface area contributed by atoms with Crippen molar-refractivity contribution in [3.63, 3.8) is 0 Å². The lowest BCUT2D eigenvalue weighted by Gasteiger charge is -2.34. The number of benzene rings is 5. The van der Waals surface area contributed by atoms with E-state index < -0.39 is 0 Å². The number of hydrogen-bond donors (Lipinski definition) is 11. The summed E-state index contributed by atoms with van der Waals surface area (Å²) < 4.78 is 110. The second-order valence-electron chi connectivity index (χ2n) is 37.3. The average molecular weight is 1910 g/mol. The number of nitrogens with one attached hydrogen (secondary N) is 11. The van der Waals surface area contributed by atoms with E-state index in [1.54, 1.807) is 96.0 Å². The van der Waals surface area contributed by atoms with Crippen LogP contribution in [0.15, 0.2) is 216 Å². The SMILES string of the molecule is C=C1N[C@@H]2CCCC[C@@H]2Oc2ccc(F)cc2[C@@H](C)Nc2ccn3ncc1c3n2.C=C1N[C@@H]2CCCC[C@H]2Oc2ccc(F)cc2[C@@H](C)Nc2ccn3ncc1c3n2.C=C1N[C@H]2CNC[C@@H]2Oc2ccc(F)cc2[C@@H](C)Nc2ccn3ncc1c3n2.C=C1N[C@H]2CNC[C@H]2Oc2ccc(F)cc2[C@@H](C)Nc2ccn3ncc1c3n2.C=C1c2cnn3ccc(nc23)N[C@H](C)c2cc(F)ccc2O[C@@H]2CCN1C2. The number of aromatic nitrogens is 15. The molecule has 0 unspecified atom stereocenters. The number of nitrogens with zero attached hydrogens (tertiary/aromatic N) is 16. The van der Waals surface area contributed by atoms with Crippen molar-refractivity contribution in [2.75, 3.05) is 65.9 Å². The first kappa shape index (κ1) is 91.9. The standard InChI is InChI=1S/2C22H24FN5O.2C20H21FN6O.C20H20FN5O/c2*1-13-16-11-15(23)7-8-19(16)29-20-6-4-3-5-18(20)25-14(2)17-12-24-28-10-9-21(26-13)27-22(17)28;2*1-11-14-7-13(21)3-4-17(14)28-18-10-22-9-16(18)24-12(2)15-8-23-27-6-5-19(25-11)26-20(15)27;1-12-16-9-14(21)3-4-18(16)27-15-5-7-25(11-15)13(2)17-10-22-26-8-6-19(23-12)24-20(17)26/h2*7-13,18,20,25H,2-6H2,1H3,(H,26,27);2*3-8,11,16,18,22,24H,2,9-10H2,1H3,(H,25,26);3-4,6,8-10,12,15H,2,5,7,11H2,1H3,(H,23,24)/t13-,18-,20+;13-,18-,20-;11-,16+,18+;11-,16+,18-;12-,15-/m11111/s1. The van der Waals surface area contributed by atoms with Gasteiger partial charge < -0.3 is 87.1 Å². The molecule has 15 aromatic rings. The van der Waals surface area contributed by atoms with Crippen molar-refractivity contribution in [1.29, 1.82) is 0 Å². The normalized spacial score (nSPS) is 23.8. The lowest BCUT2D eigenvalue weighted by Crippen LogP contribution is -2.44. The van der Waals surface area contributed by atoms with E-state index in [1.165, 1.54) is 48.5 Å². The van der Waals surface area contributed by atoms with Crippen LogP contribution in [-0.4, -0.2) is 172 Å². The molecular formula is C104H110F5N27O5. The molecule has 0 radical (unpaired) electrons. The van der Waals surface area contributed by atoms with Gasteiger partial charge in [0, 0.05) is 126 Å². The highest BCUT2D eigenvalue weighted by atomic mass is 19.1. The van der Waals surface area contributed by atoms with Crippen LogP contribution in [-0.2, 0) is 0 Å². The van der Waals surface area contributed by atoms with Gasteiger partial charge in [-0.05, 0) is 194 Å². The quantitative estimate of drug-likeness (QED) is 0.0628. The van der Waals surface area contributed by atoms with Gasteiger partial charge in [0.15, 0.2) is 28.2 Å². The molecule has 32 nitrogen and oxygen atoms in total. The smallest absolute Gasteiger partial charge is 0.166 e. The summed E-state index contributed by atoms with van der Waals surface area (Å²) in [4.78, 5) is 25.8. The molecule has 10 aromatic heterocycles. The van der Waals surface area contributed by atoms with E-state index in [1.807, 2.05) is 95.9 Å². The molecular weight excluding hydrogens is 1800 g/mol. The van der Waals surface area contributed by atoms with Crippen LogP contribution in [0.2, 0.25) is 0 Å². The predicted molar refractivity (Wildman–Crippen MR) is 531 cm³/mol. The highest BCUT2D eigenvalue weighted by Crippen LogP contribution is 2.41. The molecule has 5 aromatic carbocycles. The van der Waals surface area contributed by atoms with Crippen LogP contribution in [0.1, 0.15) is 178 Å². The van der Waals surface area contributed by atoms with E-state index in [0.29, 0.717) is 82.2 Å². The van der Waals surface area contributed by atoms with Crippen molar-refractivity contribution in [2.45, 2.75) is 177 Å². The Bertz CT molecular complexity index is 6960. The molecule has 10 aliphatic rings. The third kappa shape index (κ3) is 19.4. The Morgan fingerprint density at radius 3 is 0.879 bits per heavy atom. The number of rotatable bonds is 0. The first-order chi connectivity index (χ1) is 68.4. The van der Waals surface area contributed by atoms with E-state index in [9.17, 15) is 22.0 Å². The van der Waals surface area contributed by atoms with Crippen molar-refractivity contribution in [3.8, 4) is 28.7 Å². The van der Waals surface area contributed by atoms with Gasteiger partial charge in [0.2, 0.25) is 0 Å². The van der Waals surface area contributed by atoms with Crippen molar-refractivity contribution < 1.29 is 45.6 Å². The Kier molecular flexibility index (Phi) is 25.4. The van der Waals surface area contributed by atoms with Gasteiger partial charge in [0.1, 0.15) is 117 Å². The van der Waals surface area contributed by atoms with Gasteiger partial charge in [-0.25, -0.2) is 69.4 Å². The number of fused-ring (bicyclic) bond motifs is 16. The molecule has 0 amide bonds. The summed E-state index contributed by atoms with van der Waals surface area (Å²) >= 11 is 0. The third-order valence-electron chi connectivity index (χ3n) is 27.6. The summed E-state index contributed by atoms with van der Waals surface area (Å²) in [6.07, 6.45) is 27.2. The van der Waals surface area contributed by atoms with Gasteiger partial charge in [-0.1, -0.05) is 45.7 Å². The van der Waals surface area contributed by atoms with Gasteiger partial charge in [-0.15, -0.1) is 0 Å². The molecule has 12 bridgehead atoms. The zero-order chi connectivity index (χ0) is 97.0. The molecule has 11 N–H and O–H groups in total. The second-order valence-corrected chi connectivity index (χ2v) is 37.3. The Morgan fingerprint density at radius 2 is 0.567 bits per heavy atom. The summed E-state index contributed by atoms with van der Waals surface area (Å²) in [5.41, 5.74) is 15.7. The largest absolute Gasteiger partial charge is 0.488 e. The van der Waals surface area contributed by atoms with Gasteiger partial charge in [0.05, 0.1) is 120 Å². The van der Waals surface area contributed by atoms with Crippen molar-refractivity contribution in [2.24, 2.45) is 0 Å². The topological polar surface area (TPSA) is 333 Å². The maximum Gasteiger partial charge on any atom is 0.166 e. The Balaban J connectivity index is 0.000000104. The Hall–Kier alpha value is -15.5. The fraction of sp³-hybridized carbons (Fsp3) is 0.327. The summed E-state index contributed by atoms with van der Waals surface area (Å²) in [5.74, 6) is 5.43.